The van der Waals surface area contributed by atoms with Crippen molar-refractivity contribution in [2.45, 2.75) is 309 Å². The van der Waals surface area contributed by atoms with E-state index in [2.05, 4.69) is 55.6 Å². The highest BCUT2D eigenvalue weighted by molar-refractivity contribution is 5.76. The molecule has 3 N–H and O–H groups in total. The summed E-state index contributed by atoms with van der Waals surface area (Å²) in [5.74, 6) is -0.0287. The number of aliphatic hydroxyl groups excluding tert-OH is 2. The number of hydrogen-bond acceptors (Lipinski definition) is 3. The molecule has 0 spiro atoms. The first-order valence-corrected chi connectivity index (χ1v) is 27.2. The Labute approximate surface area is 376 Å². The maximum absolute atomic E-state index is 12.5. The number of nitrogens with one attached hydrogen (secondary N) is 1. The van der Waals surface area contributed by atoms with Crippen molar-refractivity contribution in [3.05, 3.63) is 36.5 Å². The summed E-state index contributed by atoms with van der Waals surface area (Å²) >= 11 is 0. The molecule has 0 fully saturated rings. The number of amides is 1. The fourth-order valence-corrected chi connectivity index (χ4v) is 8.49. The number of carbonyl (C=O) groups excluding carboxylic acids is 1. The lowest BCUT2D eigenvalue weighted by Crippen LogP contribution is -2.45. The maximum atomic E-state index is 12.5. The lowest BCUT2D eigenvalue weighted by molar-refractivity contribution is -0.123. The average molecular weight is 842 g/mol. The molecule has 0 bridgehead atoms. The minimum atomic E-state index is -0.660. The Morgan fingerprint density at radius 3 is 1.02 bits per heavy atom. The second-order valence-electron chi connectivity index (χ2n) is 18.7. The second kappa shape index (κ2) is 52.0. The molecule has 0 aliphatic rings. The number of hydrogen-bond donors (Lipinski definition) is 3. The van der Waals surface area contributed by atoms with Crippen LogP contribution in [0.5, 0.6) is 0 Å². The summed E-state index contributed by atoms with van der Waals surface area (Å²) in [6.45, 7) is 4.37. The van der Waals surface area contributed by atoms with Crippen molar-refractivity contribution in [1.29, 1.82) is 0 Å². The lowest BCUT2D eigenvalue weighted by Gasteiger charge is -2.22. The average Bonchev–Trinajstić information content (AvgIpc) is 3.25. The molecular formula is C56H107NO3. The molecule has 0 saturated heterocycles. The molecule has 1 amide bonds. The van der Waals surface area contributed by atoms with E-state index in [-0.39, 0.29) is 12.5 Å². The first-order valence-electron chi connectivity index (χ1n) is 27.2. The quantitative estimate of drug-likeness (QED) is 0.0422. The summed E-state index contributed by atoms with van der Waals surface area (Å²) in [6, 6.07) is -0.536. The van der Waals surface area contributed by atoms with Gasteiger partial charge in [0.25, 0.3) is 0 Å². The van der Waals surface area contributed by atoms with Gasteiger partial charge in [0.15, 0.2) is 0 Å². The van der Waals surface area contributed by atoms with Gasteiger partial charge < -0.3 is 15.5 Å². The molecule has 2 atom stereocenters. The van der Waals surface area contributed by atoms with Crippen molar-refractivity contribution in [2.75, 3.05) is 6.61 Å². The third-order valence-corrected chi connectivity index (χ3v) is 12.7. The highest BCUT2D eigenvalue weighted by Crippen LogP contribution is 2.17. The van der Waals surface area contributed by atoms with Gasteiger partial charge in [-0.25, -0.2) is 0 Å². The molecular weight excluding hydrogens is 735 g/mol. The van der Waals surface area contributed by atoms with Gasteiger partial charge in [-0.3, -0.25) is 4.79 Å². The fraction of sp³-hybridized carbons (Fsp3) is 0.875. The van der Waals surface area contributed by atoms with Crippen molar-refractivity contribution in [1.82, 2.24) is 5.32 Å². The summed E-state index contributed by atoms with van der Waals surface area (Å²) in [5, 5.41) is 23.3. The monoisotopic (exact) mass is 842 g/mol. The van der Waals surface area contributed by atoms with Crippen LogP contribution in [0.1, 0.15) is 296 Å². The van der Waals surface area contributed by atoms with Crippen molar-refractivity contribution < 1.29 is 15.0 Å². The van der Waals surface area contributed by atoms with Crippen molar-refractivity contribution in [2.24, 2.45) is 0 Å². The Balaban J connectivity index is 3.46. The van der Waals surface area contributed by atoms with Gasteiger partial charge in [0.1, 0.15) is 0 Å². The highest BCUT2D eigenvalue weighted by atomic mass is 16.3. The molecule has 0 aromatic carbocycles. The first kappa shape index (κ1) is 58.6. The molecule has 0 saturated carbocycles. The molecule has 0 aliphatic heterocycles. The van der Waals surface area contributed by atoms with Crippen LogP contribution in [-0.2, 0) is 4.79 Å². The second-order valence-corrected chi connectivity index (χ2v) is 18.7. The van der Waals surface area contributed by atoms with Gasteiger partial charge in [0.05, 0.1) is 18.8 Å². The summed E-state index contributed by atoms with van der Waals surface area (Å²) < 4.78 is 0. The van der Waals surface area contributed by atoms with Crippen molar-refractivity contribution >= 4 is 5.91 Å². The van der Waals surface area contributed by atoms with Gasteiger partial charge >= 0.3 is 0 Å². The van der Waals surface area contributed by atoms with E-state index in [1.165, 1.54) is 231 Å². The Morgan fingerprint density at radius 1 is 0.400 bits per heavy atom. The third-order valence-electron chi connectivity index (χ3n) is 12.7. The van der Waals surface area contributed by atoms with E-state index in [1.807, 2.05) is 0 Å². The third kappa shape index (κ3) is 47.7. The summed E-state index contributed by atoms with van der Waals surface area (Å²) in [4.78, 5) is 12.5. The largest absolute Gasteiger partial charge is 0.394 e. The minimum absolute atomic E-state index is 0.0287. The van der Waals surface area contributed by atoms with E-state index in [1.54, 1.807) is 0 Å². The Kier molecular flexibility index (Phi) is 50.8. The predicted octanol–water partition coefficient (Wildman–Crippen LogP) is 17.7. The van der Waals surface area contributed by atoms with Crippen LogP contribution in [0.3, 0.4) is 0 Å². The molecule has 0 aromatic rings. The van der Waals surface area contributed by atoms with E-state index >= 15 is 0 Å². The van der Waals surface area contributed by atoms with E-state index in [0.717, 1.165) is 38.5 Å². The maximum Gasteiger partial charge on any atom is 0.220 e. The minimum Gasteiger partial charge on any atom is -0.394 e. The van der Waals surface area contributed by atoms with Crippen molar-refractivity contribution in [3.8, 4) is 0 Å². The zero-order valence-corrected chi connectivity index (χ0v) is 40.7. The van der Waals surface area contributed by atoms with Gasteiger partial charge in [-0.1, -0.05) is 275 Å². The predicted molar refractivity (Wildman–Crippen MR) is 267 cm³/mol. The first-order chi connectivity index (χ1) is 29.7. The van der Waals surface area contributed by atoms with Gasteiger partial charge in [-0.15, -0.1) is 0 Å². The van der Waals surface area contributed by atoms with Gasteiger partial charge in [-0.2, -0.15) is 0 Å². The number of unbranched alkanes of at least 4 members (excludes halogenated alkanes) is 37. The number of carbonyl (C=O) groups is 1. The van der Waals surface area contributed by atoms with Crippen LogP contribution in [-0.4, -0.2) is 34.9 Å². The van der Waals surface area contributed by atoms with Gasteiger partial charge in [-0.05, 0) is 51.4 Å². The standard InChI is InChI=1S/C56H107NO3/c1-3-5-7-9-11-13-15-17-19-21-23-24-25-26-27-28-29-30-31-32-34-36-38-40-42-44-46-48-50-52-56(60)57-54(53-58)55(59)51-49-47-45-43-41-39-37-35-33-22-20-18-16-14-12-10-8-6-4-2/h15,17,21,23,25-26,54-55,58-59H,3-14,16,18-20,22,24,27-53H2,1-2H3,(H,57,60)/b17-15-,23-21-,26-25-. The van der Waals surface area contributed by atoms with Crippen LogP contribution < -0.4 is 5.32 Å². The molecule has 2 unspecified atom stereocenters. The zero-order valence-electron chi connectivity index (χ0n) is 40.7. The van der Waals surface area contributed by atoms with Gasteiger partial charge in [0.2, 0.25) is 5.91 Å². The number of rotatable bonds is 50. The van der Waals surface area contributed by atoms with Gasteiger partial charge in [0, 0.05) is 6.42 Å². The normalized spacial score (nSPS) is 13.1. The van der Waals surface area contributed by atoms with E-state index < -0.39 is 12.1 Å². The topological polar surface area (TPSA) is 69.6 Å². The summed E-state index contributed by atoms with van der Waals surface area (Å²) in [5.41, 5.74) is 0. The van der Waals surface area contributed by atoms with Crippen LogP contribution >= 0.6 is 0 Å². The van der Waals surface area contributed by atoms with Crippen LogP contribution in [0.2, 0.25) is 0 Å². The molecule has 354 valence electrons. The molecule has 0 aromatic heterocycles. The Bertz CT molecular complexity index is 912. The fourth-order valence-electron chi connectivity index (χ4n) is 8.49. The smallest absolute Gasteiger partial charge is 0.220 e. The Morgan fingerprint density at radius 2 is 0.683 bits per heavy atom. The molecule has 4 heteroatoms. The highest BCUT2D eigenvalue weighted by Gasteiger charge is 2.20. The lowest BCUT2D eigenvalue weighted by atomic mass is 10.0. The SMILES string of the molecule is CCCCCCC/C=C\C/C=C\C/C=C\CCCCCCCCCCCCCCCCC(=O)NC(CO)C(O)CCCCCCCCCCCCCCCCCCCCC. The van der Waals surface area contributed by atoms with E-state index in [9.17, 15) is 15.0 Å². The number of allylic oxidation sites excluding steroid dienone is 6. The summed E-state index contributed by atoms with van der Waals surface area (Å²) in [6.07, 6.45) is 69.7. The van der Waals surface area contributed by atoms with Crippen LogP contribution in [0.15, 0.2) is 36.5 Å². The molecule has 0 heterocycles. The van der Waals surface area contributed by atoms with E-state index in [4.69, 9.17) is 0 Å². The van der Waals surface area contributed by atoms with Crippen molar-refractivity contribution in [3.63, 3.8) is 0 Å². The molecule has 0 radical (unpaired) electrons. The zero-order chi connectivity index (χ0) is 43.5. The molecule has 0 rings (SSSR count). The van der Waals surface area contributed by atoms with Crippen LogP contribution in [0, 0.1) is 0 Å². The summed E-state index contributed by atoms with van der Waals surface area (Å²) in [7, 11) is 0. The van der Waals surface area contributed by atoms with Crippen LogP contribution in [0.4, 0.5) is 0 Å². The molecule has 0 aliphatic carbocycles. The Hall–Kier alpha value is -1.39. The van der Waals surface area contributed by atoms with E-state index in [0.29, 0.717) is 12.8 Å². The molecule has 60 heavy (non-hydrogen) atoms. The molecule has 4 nitrogen and oxygen atoms in total. The van der Waals surface area contributed by atoms with Crippen LogP contribution in [0.25, 0.3) is 0 Å². The number of aliphatic hydroxyl groups is 2.